The van der Waals surface area contributed by atoms with E-state index in [0.29, 0.717) is 5.95 Å². The summed E-state index contributed by atoms with van der Waals surface area (Å²) < 4.78 is 2.23. The smallest absolute Gasteiger partial charge is 0.235 e. The molecular formula is C29H23N3. The highest BCUT2D eigenvalue weighted by atomic mass is 15.2. The monoisotopic (exact) mass is 413 g/mol. The minimum absolute atomic E-state index is 0.715. The van der Waals surface area contributed by atoms with Crippen LogP contribution in [0.25, 0.3) is 45.4 Å². The minimum atomic E-state index is 0.715. The van der Waals surface area contributed by atoms with Crippen molar-refractivity contribution in [2.45, 2.75) is 19.8 Å². The topological polar surface area (TPSA) is 30.7 Å². The molecule has 5 aromatic rings. The minimum Gasteiger partial charge on any atom is -0.278 e. The van der Waals surface area contributed by atoms with Gasteiger partial charge in [0.2, 0.25) is 5.95 Å². The van der Waals surface area contributed by atoms with Crippen LogP contribution in [-0.2, 0) is 6.42 Å². The van der Waals surface area contributed by atoms with Crippen molar-refractivity contribution in [1.29, 1.82) is 0 Å². The molecule has 0 unspecified atom stereocenters. The fourth-order valence-electron chi connectivity index (χ4n) is 4.65. The molecule has 0 fully saturated rings. The summed E-state index contributed by atoms with van der Waals surface area (Å²) in [6.45, 7) is 2.12. The number of fused-ring (bicyclic) bond motifs is 3. The molecule has 3 heteroatoms. The van der Waals surface area contributed by atoms with Crippen molar-refractivity contribution in [2.75, 3.05) is 0 Å². The maximum absolute atomic E-state index is 5.09. The lowest BCUT2D eigenvalue weighted by atomic mass is 10.0. The molecule has 32 heavy (non-hydrogen) atoms. The van der Waals surface area contributed by atoms with Gasteiger partial charge in [0, 0.05) is 16.5 Å². The number of benzene rings is 3. The van der Waals surface area contributed by atoms with Gasteiger partial charge in [0.15, 0.2) is 0 Å². The van der Waals surface area contributed by atoms with Crippen LogP contribution in [0.3, 0.4) is 0 Å². The Morgan fingerprint density at radius 3 is 2.34 bits per heavy atom. The third-order valence-corrected chi connectivity index (χ3v) is 6.15. The fourth-order valence-corrected chi connectivity index (χ4v) is 4.65. The summed E-state index contributed by atoms with van der Waals surface area (Å²) in [6, 6.07) is 29.6. The predicted molar refractivity (Wildman–Crippen MR) is 132 cm³/mol. The molecule has 0 bridgehead atoms. The van der Waals surface area contributed by atoms with Gasteiger partial charge >= 0.3 is 0 Å². The summed E-state index contributed by atoms with van der Waals surface area (Å²) in [7, 11) is 0. The molecule has 0 spiro atoms. The fraction of sp³-hybridized carbons (Fsp3) is 0.103. The Morgan fingerprint density at radius 2 is 1.50 bits per heavy atom. The second-order valence-corrected chi connectivity index (χ2v) is 8.33. The van der Waals surface area contributed by atoms with Crippen LogP contribution in [0.2, 0.25) is 0 Å². The summed E-state index contributed by atoms with van der Waals surface area (Å²) in [5, 5.41) is 1.29. The molecule has 0 amide bonds. The molecule has 0 saturated heterocycles. The van der Waals surface area contributed by atoms with Gasteiger partial charge in [0.25, 0.3) is 0 Å². The van der Waals surface area contributed by atoms with E-state index in [-0.39, 0.29) is 0 Å². The molecule has 0 radical (unpaired) electrons. The average molecular weight is 414 g/mol. The summed E-state index contributed by atoms with van der Waals surface area (Å²) in [4.78, 5) is 10.2. The molecule has 1 aliphatic rings. The van der Waals surface area contributed by atoms with E-state index in [2.05, 4.69) is 103 Å². The number of hydrogen-bond acceptors (Lipinski definition) is 2. The van der Waals surface area contributed by atoms with Gasteiger partial charge in [-0.25, -0.2) is 9.97 Å². The molecule has 3 aromatic carbocycles. The molecule has 0 saturated carbocycles. The van der Waals surface area contributed by atoms with Crippen molar-refractivity contribution < 1.29 is 0 Å². The van der Waals surface area contributed by atoms with Crippen molar-refractivity contribution in [2.24, 2.45) is 0 Å². The Kier molecular flexibility index (Phi) is 4.46. The lowest BCUT2D eigenvalue weighted by molar-refractivity contribution is 0.921. The molecule has 2 heterocycles. The third-order valence-electron chi connectivity index (χ3n) is 6.15. The van der Waals surface area contributed by atoms with Crippen LogP contribution < -0.4 is 0 Å². The van der Waals surface area contributed by atoms with Gasteiger partial charge < -0.3 is 0 Å². The third kappa shape index (κ3) is 3.14. The largest absolute Gasteiger partial charge is 0.278 e. The first-order valence-corrected chi connectivity index (χ1v) is 11.1. The van der Waals surface area contributed by atoms with Crippen LogP contribution >= 0.6 is 0 Å². The highest BCUT2D eigenvalue weighted by Gasteiger charge is 2.20. The van der Waals surface area contributed by atoms with E-state index in [1.165, 1.54) is 22.2 Å². The first-order valence-electron chi connectivity index (χ1n) is 11.1. The van der Waals surface area contributed by atoms with Gasteiger partial charge in [-0.15, -0.1) is 0 Å². The Labute approximate surface area is 187 Å². The van der Waals surface area contributed by atoms with E-state index in [0.717, 1.165) is 40.9 Å². The van der Waals surface area contributed by atoms with Gasteiger partial charge in [0.1, 0.15) is 0 Å². The normalized spacial score (nSPS) is 12.8. The summed E-state index contributed by atoms with van der Waals surface area (Å²) in [5.74, 6) is 0.715. The van der Waals surface area contributed by atoms with Crippen molar-refractivity contribution >= 4 is 17.0 Å². The molecule has 0 atom stereocenters. The van der Waals surface area contributed by atoms with Crippen molar-refractivity contribution in [1.82, 2.24) is 14.5 Å². The van der Waals surface area contributed by atoms with Crippen LogP contribution in [-0.4, -0.2) is 14.5 Å². The quantitative estimate of drug-likeness (QED) is 0.318. The van der Waals surface area contributed by atoms with Gasteiger partial charge in [-0.1, -0.05) is 78.4 Å². The van der Waals surface area contributed by atoms with Gasteiger partial charge in [-0.3, -0.25) is 4.57 Å². The van der Waals surface area contributed by atoms with E-state index in [9.17, 15) is 0 Å². The molecule has 0 N–H and O–H groups in total. The van der Waals surface area contributed by atoms with E-state index in [4.69, 9.17) is 9.97 Å². The van der Waals surface area contributed by atoms with Crippen LogP contribution in [0.4, 0.5) is 0 Å². The van der Waals surface area contributed by atoms with Gasteiger partial charge in [-0.05, 0) is 49.6 Å². The number of rotatable bonds is 3. The maximum Gasteiger partial charge on any atom is 0.235 e. The van der Waals surface area contributed by atoms with E-state index >= 15 is 0 Å². The van der Waals surface area contributed by atoms with Crippen LogP contribution in [0.15, 0.2) is 91.0 Å². The highest BCUT2D eigenvalue weighted by molar-refractivity contribution is 5.90. The maximum atomic E-state index is 5.09. The average Bonchev–Trinajstić information content (AvgIpc) is 3.19. The molecule has 154 valence electrons. The Hall–Kier alpha value is -3.98. The summed E-state index contributed by atoms with van der Waals surface area (Å²) in [5.41, 5.74) is 9.01. The zero-order chi connectivity index (χ0) is 21.5. The zero-order valence-corrected chi connectivity index (χ0v) is 18.0. The molecule has 3 nitrogen and oxygen atoms in total. The Bertz CT molecular complexity index is 1480. The Morgan fingerprint density at radius 1 is 0.750 bits per heavy atom. The highest BCUT2D eigenvalue weighted by Crippen LogP contribution is 2.34. The molecule has 6 rings (SSSR count). The number of hydrogen-bond donors (Lipinski definition) is 0. The van der Waals surface area contributed by atoms with Crippen molar-refractivity contribution in [3.63, 3.8) is 0 Å². The van der Waals surface area contributed by atoms with E-state index in [1.54, 1.807) is 0 Å². The SMILES string of the molecule is Cc1cccc(-c2cc(-c3ccccc3)nc(-n3c4c(c5ccccc53)CCC=C4)n2)c1. The lowest BCUT2D eigenvalue weighted by Crippen LogP contribution is -2.07. The standard InChI is InChI=1S/C29H23N3/c1-20-10-9-13-22(18-20)26-19-25(21-11-3-2-4-12-21)30-29(31-26)32-27-16-7-5-14-23(27)24-15-6-8-17-28(24)32/h2-5,7-14,16-19H,6,15H2,1H3. The van der Waals surface area contributed by atoms with Crippen molar-refractivity contribution in [3.05, 3.63) is 108 Å². The summed E-state index contributed by atoms with van der Waals surface area (Å²) in [6.07, 6.45) is 6.59. The first-order chi connectivity index (χ1) is 15.8. The van der Waals surface area contributed by atoms with Gasteiger partial charge in [0.05, 0.1) is 22.6 Å². The Balaban J connectivity index is 1.66. The van der Waals surface area contributed by atoms with E-state index < -0.39 is 0 Å². The van der Waals surface area contributed by atoms with Crippen LogP contribution in [0.5, 0.6) is 0 Å². The second-order valence-electron chi connectivity index (χ2n) is 8.33. The van der Waals surface area contributed by atoms with Crippen molar-refractivity contribution in [3.8, 4) is 28.5 Å². The summed E-state index contributed by atoms with van der Waals surface area (Å²) >= 11 is 0. The van der Waals surface area contributed by atoms with Gasteiger partial charge in [-0.2, -0.15) is 0 Å². The molecule has 0 aliphatic heterocycles. The van der Waals surface area contributed by atoms with E-state index in [1.807, 2.05) is 6.07 Å². The number of nitrogens with zero attached hydrogens (tertiary/aromatic N) is 3. The zero-order valence-electron chi connectivity index (χ0n) is 18.0. The lowest BCUT2D eigenvalue weighted by Gasteiger charge is -2.14. The molecule has 1 aliphatic carbocycles. The first kappa shape index (κ1) is 18.8. The van der Waals surface area contributed by atoms with Crippen LogP contribution in [0, 0.1) is 6.92 Å². The number of aryl methyl sites for hydroxylation is 2. The number of aromatic nitrogens is 3. The van der Waals surface area contributed by atoms with Crippen LogP contribution in [0.1, 0.15) is 23.2 Å². The molecule has 2 aromatic heterocycles. The molecular weight excluding hydrogens is 390 g/mol. The predicted octanol–water partition coefficient (Wildman–Crippen LogP) is 7.02. The number of para-hydroxylation sites is 1. The second kappa shape index (κ2) is 7.61. The number of allylic oxidation sites excluding steroid dienone is 1.